The summed E-state index contributed by atoms with van der Waals surface area (Å²) in [4.78, 5) is 26.5. The van der Waals surface area contributed by atoms with Gasteiger partial charge in [0.15, 0.2) is 0 Å². The molecule has 1 aromatic carbocycles. The Hall–Kier alpha value is -2.04. The summed E-state index contributed by atoms with van der Waals surface area (Å²) < 4.78 is 0. The van der Waals surface area contributed by atoms with E-state index in [2.05, 4.69) is 10.2 Å². The number of carbonyl (C=O) groups is 2. The van der Waals surface area contributed by atoms with Gasteiger partial charge in [-0.2, -0.15) is 0 Å². The number of benzene rings is 1. The molecule has 0 radical (unpaired) electrons. The molecule has 1 aromatic rings. The highest BCUT2D eigenvalue weighted by molar-refractivity contribution is 5.79. The van der Waals surface area contributed by atoms with Gasteiger partial charge >= 0.3 is 6.03 Å². The third kappa shape index (κ3) is 4.28. The standard InChI is InChI=1S/C19H27N3O2/c20-19(24)21-17(14-7-3-1-4-8-14)13-18(23)22(16-11-12-16)15-9-5-2-6-10-15/h1,3-4,7-8,15-17H,2,5-6,9-13H2,(H3,20,21,24)/t17-/m1/s1. The lowest BCUT2D eigenvalue weighted by atomic mass is 9.93. The third-order valence-electron chi connectivity index (χ3n) is 5.09. The fourth-order valence-corrected chi connectivity index (χ4v) is 3.81. The van der Waals surface area contributed by atoms with E-state index in [1.807, 2.05) is 30.3 Å². The van der Waals surface area contributed by atoms with Crippen LogP contribution in [0.25, 0.3) is 0 Å². The molecule has 0 unspecified atom stereocenters. The van der Waals surface area contributed by atoms with Crippen LogP contribution in [0.15, 0.2) is 30.3 Å². The molecule has 0 aliphatic heterocycles. The van der Waals surface area contributed by atoms with E-state index in [-0.39, 0.29) is 18.4 Å². The van der Waals surface area contributed by atoms with Gasteiger partial charge in [0, 0.05) is 12.1 Å². The van der Waals surface area contributed by atoms with Crippen LogP contribution in [-0.2, 0) is 4.79 Å². The van der Waals surface area contributed by atoms with E-state index in [1.165, 1.54) is 19.3 Å². The topological polar surface area (TPSA) is 75.4 Å². The van der Waals surface area contributed by atoms with Crippen LogP contribution >= 0.6 is 0 Å². The summed E-state index contributed by atoms with van der Waals surface area (Å²) in [5, 5.41) is 2.74. The van der Waals surface area contributed by atoms with Gasteiger partial charge in [-0.25, -0.2) is 4.79 Å². The molecule has 0 spiro atoms. The molecule has 5 nitrogen and oxygen atoms in total. The summed E-state index contributed by atoms with van der Waals surface area (Å²) in [5.74, 6) is 0.145. The number of rotatable bonds is 6. The Bertz CT molecular complexity index is 565. The molecule has 2 aliphatic rings. The molecule has 24 heavy (non-hydrogen) atoms. The van der Waals surface area contributed by atoms with E-state index in [9.17, 15) is 9.59 Å². The van der Waals surface area contributed by atoms with Crippen LogP contribution in [0, 0.1) is 0 Å². The molecule has 5 heteroatoms. The Labute approximate surface area is 143 Å². The first-order valence-corrected chi connectivity index (χ1v) is 9.07. The van der Waals surface area contributed by atoms with Gasteiger partial charge in [0.05, 0.1) is 12.5 Å². The first-order chi connectivity index (χ1) is 11.6. The number of hydrogen-bond acceptors (Lipinski definition) is 2. The fraction of sp³-hybridized carbons (Fsp3) is 0.579. The van der Waals surface area contributed by atoms with Gasteiger partial charge in [-0.3, -0.25) is 4.79 Å². The van der Waals surface area contributed by atoms with Crippen molar-refractivity contribution in [2.45, 2.75) is 69.5 Å². The lowest BCUT2D eigenvalue weighted by Gasteiger charge is -2.35. The van der Waals surface area contributed by atoms with Crippen molar-refractivity contribution in [2.24, 2.45) is 5.73 Å². The van der Waals surface area contributed by atoms with Crippen LogP contribution in [0.5, 0.6) is 0 Å². The minimum Gasteiger partial charge on any atom is -0.352 e. The average Bonchev–Trinajstić information content (AvgIpc) is 3.41. The predicted octanol–water partition coefficient (Wildman–Crippen LogP) is 3.11. The second-order valence-corrected chi connectivity index (χ2v) is 7.00. The van der Waals surface area contributed by atoms with E-state index in [0.717, 1.165) is 31.2 Å². The van der Waals surface area contributed by atoms with Gasteiger partial charge in [-0.1, -0.05) is 49.6 Å². The SMILES string of the molecule is NC(=O)N[C@H](CC(=O)N(C1CCCCC1)C1CC1)c1ccccc1. The lowest BCUT2D eigenvalue weighted by molar-refractivity contribution is -0.135. The molecular weight excluding hydrogens is 302 g/mol. The Kier molecular flexibility index (Phi) is 5.38. The van der Waals surface area contributed by atoms with Gasteiger partial charge < -0.3 is 16.0 Å². The quantitative estimate of drug-likeness (QED) is 0.841. The average molecular weight is 329 g/mol. The van der Waals surface area contributed by atoms with E-state index in [0.29, 0.717) is 12.1 Å². The van der Waals surface area contributed by atoms with Crippen LogP contribution < -0.4 is 11.1 Å². The molecule has 0 aromatic heterocycles. The maximum absolute atomic E-state index is 13.0. The van der Waals surface area contributed by atoms with Crippen LogP contribution in [0.3, 0.4) is 0 Å². The number of urea groups is 1. The molecule has 0 bridgehead atoms. The summed E-state index contributed by atoms with van der Waals surface area (Å²) in [5.41, 5.74) is 6.24. The number of nitrogens with zero attached hydrogens (tertiary/aromatic N) is 1. The maximum Gasteiger partial charge on any atom is 0.312 e. The summed E-state index contributed by atoms with van der Waals surface area (Å²) in [6, 6.07) is 9.43. The van der Waals surface area contributed by atoms with Gasteiger partial charge in [0.25, 0.3) is 0 Å². The number of amides is 3. The van der Waals surface area contributed by atoms with Gasteiger partial charge in [-0.05, 0) is 31.2 Å². The van der Waals surface area contributed by atoms with Crippen molar-refractivity contribution in [1.29, 1.82) is 0 Å². The minimum atomic E-state index is -0.590. The smallest absolute Gasteiger partial charge is 0.312 e. The Morgan fingerprint density at radius 1 is 1.04 bits per heavy atom. The highest BCUT2D eigenvalue weighted by Crippen LogP contribution is 2.35. The zero-order chi connectivity index (χ0) is 16.9. The highest BCUT2D eigenvalue weighted by atomic mass is 16.2. The van der Waals surface area contributed by atoms with E-state index in [1.54, 1.807) is 0 Å². The van der Waals surface area contributed by atoms with Crippen molar-refractivity contribution in [1.82, 2.24) is 10.2 Å². The number of hydrogen-bond donors (Lipinski definition) is 2. The molecule has 130 valence electrons. The molecule has 2 aliphatic carbocycles. The van der Waals surface area contributed by atoms with E-state index in [4.69, 9.17) is 5.73 Å². The first kappa shape index (κ1) is 16.8. The van der Waals surface area contributed by atoms with Gasteiger partial charge in [-0.15, -0.1) is 0 Å². The Morgan fingerprint density at radius 3 is 2.25 bits per heavy atom. The molecule has 3 amide bonds. The Morgan fingerprint density at radius 2 is 1.67 bits per heavy atom. The molecular formula is C19H27N3O2. The molecule has 1 atom stereocenters. The fourth-order valence-electron chi connectivity index (χ4n) is 3.81. The zero-order valence-corrected chi connectivity index (χ0v) is 14.1. The molecule has 0 heterocycles. The molecule has 2 saturated carbocycles. The van der Waals surface area contributed by atoms with Crippen LogP contribution in [0.1, 0.15) is 63.0 Å². The normalized spacial score (nSPS) is 19.5. The maximum atomic E-state index is 13.0. The second-order valence-electron chi connectivity index (χ2n) is 7.00. The van der Waals surface area contributed by atoms with Crippen LogP contribution in [0.4, 0.5) is 4.79 Å². The predicted molar refractivity (Wildman–Crippen MR) is 93.3 cm³/mol. The number of nitrogens with two attached hydrogens (primary N) is 1. The van der Waals surface area contributed by atoms with E-state index >= 15 is 0 Å². The van der Waals surface area contributed by atoms with Crippen LogP contribution in [-0.4, -0.2) is 28.9 Å². The third-order valence-corrected chi connectivity index (χ3v) is 5.09. The summed E-state index contributed by atoms with van der Waals surface area (Å²) >= 11 is 0. The monoisotopic (exact) mass is 329 g/mol. The van der Waals surface area contributed by atoms with Crippen molar-refractivity contribution < 1.29 is 9.59 Å². The largest absolute Gasteiger partial charge is 0.352 e. The zero-order valence-electron chi connectivity index (χ0n) is 14.1. The second kappa shape index (κ2) is 7.69. The van der Waals surface area contributed by atoms with Gasteiger partial charge in [0.2, 0.25) is 5.91 Å². The number of primary amides is 1. The van der Waals surface area contributed by atoms with Crippen molar-refractivity contribution in [3.8, 4) is 0 Å². The van der Waals surface area contributed by atoms with Crippen molar-refractivity contribution >= 4 is 11.9 Å². The van der Waals surface area contributed by atoms with Crippen molar-refractivity contribution in [3.05, 3.63) is 35.9 Å². The summed E-state index contributed by atoms with van der Waals surface area (Å²) in [7, 11) is 0. The molecule has 3 rings (SSSR count). The highest BCUT2D eigenvalue weighted by Gasteiger charge is 2.38. The van der Waals surface area contributed by atoms with Crippen molar-refractivity contribution in [2.75, 3.05) is 0 Å². The van der Waals surface area contributed by atoms with Crippen molar-refractivity contribution in [3.63, 3.8) is 0 Å². The van der Waals surface area contributed by atoms with Crippen LogP contribution in [0.2, 0.25) is 0 Å². The first-order valence-electron chi connectivity index (χ1n) is 9.07. The summed E-state index contributed by atoms with van der Waals surface area (Å²) in [6.07, 6.45) is 8.43. The van der Waals surface area contributed by atoms with Gasteiger partial charge in [0.1, 0.15) is 0 Å². The minimum absolute atomic E-state index is 0.145. The van der Waals surface area contributed by atoms with E-state index < -0.39 is 6.03 Å². The molecule has 2 fully saturated rings. The number of nitrogens with one attached hydrogen (secondary N) is 1. The Balaban J connectivity index is 1.72. The summed E-state index contributed by atoms with van der Waals surface area (Å²) in [6.45, 7) is 0. The lowest BCUT2D eigenvalue weighted by Crippen LogP contribution is -2.45. The number of carbonyl (C=O) groups excluding carboxylic acids is 2. The molecule has 0 saturated heterocycles. The molecule has 3 N–H and O–H groups in total.